The van der Waals surface area contributed by atoms with Crippen molar-refractivity contribution in [2.24, 2.45) is 14.1 Å². The third-order valence-electron chi connectivity index (χ3n) is 11.3. The van der Waals surface area contributed by atoms with E-state index < -0.39 is 0 Å². The van der Waals surface area contributed by atoms with Crippen LogP contribution in [0.25, 0.3) is 66.9 Å². The molecule has 60 heavy (non-hydrogen) atoms. The lowest BCUT2D eigenvalue weighted by Crippen LogP contribution is -2.39. The second kappa shape index (κ2) is 16.3. The second-order valence-electron chi connectivity index (χ2n) is 15.6. The maximum absolute atomic E-state index is 12.9. The lowest BCUT2D eigenvalue weighted by Gasteiger charge is -2.26. The monoisotopic (exact) mass is 848 g/mol. The van der Waals surface area contributed by atoms with Gasteiger partial charge in [0.2, 0.25) is 0 Å². The van der Waals surface area contributed by atoms with Gasteiger partial charge in [-0.3, -0.25) is 19.0 Å². The van der Waals surface area contributed by atoms with E-state index >= 15 is 0 Å². The van der Waals surface area contributed by atoms with Crippen molar-refractivity contribution in [2.75, 3.05) is 0 Å². The fourth-order valence-electron chi connectivity index (χ4n) is 8.31. The number of rotatable bonds is 6. The summed E-state index contributed by atoms with van der Waals surface area (Å²) in [5.74, 6) is -0.436. The second-order valence-corrected chi connectivity index (χ2v) is 16.4. The van der Waals surface area contributed by atoms with Crippen LogP contribution in [0.2, 0.25) is 10.0 Å². The van der Waals surface area contributed by atoms with Crippen molar-refractivity contribution >= 4 is 79.1 Å². The summed E-state index contributed by atoms with van der Waals surface area (Å²) in [5.41, 5.74) is 7.24. The quantitative estimate of drug-likeness (QED) is 0.108. The molecule has 308 valence electrons. The first-order chi connectivity index (χ1) is 29.0. The normalized spacial score (nSPS) is 19.4. The highest BCUT2D eigenvalue weighted by Crippen LogP contribution is 2.31. The van der Waals surface area contributed by atoms with E-state index in [1.807, 2.05) is 50.5 Å². The van der Waals surface area contributed by atoms with Crippen molar-refractivity contribution in [3.63, 3.8) is 0 Å². The van der Waals surface area contributed by atoms with Gasteiger partial charge in [0.1, 0.15) is 33.8 Å². The number of H-pyrrole nitrogens is 2. The lowest BCUT2D eigenvalue weighted by atomic mass is 9.93. The van der Waals surface area contributed by atoms with Crippen LogP contribution in [0.3, 0.4) is 0 Å². The number of halogens is 2. The first-order valence-electron chi connectivity index (χ1n) is 19.9. The summed E-state index contributed by atoms with van der Waals surface area (Å²) in [4.78, 5) is 50.1. The van der Waals surface area contributed by atoms with Gasteiger partial charge in [0.15, 0.2) is 11.3 Å². The Morgan fingerprint density at radius 1 is 0.683 bits per heavy atom. The van der Waals surface area contributed by atoms with Crippen molar-refractivity contribution in [1.29, 1.82) is 0 Å². The van der Waals surface area contributed by atoms with Crippen LogP contribution in [-0.4, -0.2) is 95.8 Å². The van der Waals surface area contributed by atoms with Crippen molar-refractivity contribution < 1.29 is 19.8 Å². The number of amides is 2. The summed E-state index contributed by atoms with van der Waals surface area (Å²) in [7, 11) is 3.70. The zero-order chi connectivity index (χ0) is 41.7. The van der Waals surface area contributed by atoms with Crippen molar-refractivity contribution in [3.8, 4) is 22.8 Å². The smallest absolute Gasteiger partial charge is 0.255 e. The number of hydrogen-bond donors (Lipinski definition) is 6. The highest BCUT2D eigenvalue weighted by atomic mass is 35.5. The minimum Gasteiger partial charge on any atom is -0.393 e. The van der Waals surface area contributed by atoms with E-state index in [2.05, 4.69) is 40.8 Å². The third kappa shape index (κ3) is 7.78. The summed E-state index contributed by atoms with van der Waals surface area (Å²) >= 11 is 12.2. The van der Waals surface area contributed by atoms with E-state index in [4.69, 9.17) is 33.2 Å². The van der Waals surface area contributed by atoms with Gasteiger partial charge in [-0.05, 0) is 87.8 Å². The molecule has 10 rings (SSSR count). The minimum absolute atomic E-state index is 0.0353. The Bertz CT molecular complexity index is 2720. The molecule has 16 nitrogen and oxygen atoms in total. The SMILES string of the molecule is Cn1nc(-c2cnc3[nH]cc(C(=O)N[C@@H]4CCC[C@@H](O)C4)c3n2)c2ccc(Cl)cc21.Cn1nc(-c2cnc3[nH]cc(C(=O)N[C@@H]4CCC[C@H](O)C4)c3n2)c2ccc(Cl)cc21. The lowest BCUT2D eigenvalue weighted by molar-refractivity contribution is 0.0839. The Morgan fingerprint density at radius 2 is 1.12 bits per heavy atom. The summed E-state index contributed by atoms with van der Waals surface area (Å²) in [6.45, 7) is 0. The summed E-state index contributed by atoms with van der Waals surface area (Å²) < 4.78 is 3.50. The van der Waals surface area contributed by atoms with E-state index in [1.165, 1.54) is 0 Å². The van der Waals surface area contributed by atoms with E-state index in [1.54, 1.807) is 34.2 Å². The number of hydrogen-bond acceptors (Lipinski definition) is 10. The summed E-state index contributed by atoms with van der Waals surface area (Å²) in [6.07, 6.45) is 12.1. The number of benzene rings is 2. The highest BCUT2D eigenvalue weighted by molar-refractivity contribution is 6.31. The Kier molecular flexibility index (Phi) is 10.7. The van der Waals surface area contributed by atoms with Crippen LogP contribution in [0.5, 0.6) is 0 Å². The van der Waals surface area contributed by atoms with Crippen molar-refractivity contribution in [2.45, 2.75) is 75.7 Å². The van der Waals surface area contributed by atoms with Crippen molar-refractivity contribution in [3.05, 3.63) is 82.4 Å². The molecule has 18 heteroatoms. The third-order valence-corrected chi connectivity index (χ3v) is 11.8. The van der Waals surface area contributed by atoms with Gasteiger partial charge in [0.25, 0.3) is 11.8 Å². The van der Waals surface area contributed by atoms with Gasteiger partial charge in [0, 0.05) is 59.4 Å². The molecule has 2 aliphatic carbocycles. The van der Waals surface area contributed by atoms with E-state index in [9.17, 15) is 19.8 Å². The molecular formula is C42H42Cl2N12O4. The molecule has 2 fully saturated rings. The fourth-order valence-corrected chi connectivity index (χ4v) is 8.65. The van der Waals surface area contributed by atoms with Gasteiger partial charge in [-0.1, -0.05) is 23.2 Å². The molecule has 6 heterocycles. The predicted molar refractivity (Wildman–Crippen MR) is 229 cm³/mol. The van der Waals surface area contributed by atoms with Crippen LogP contribution in [-0.2, 0) is 14.1 Å². The average molecular weight is 850 g/mol. The van der Waals surface area contributed by atoms with E-state index in [0.29, 0.717) is 79.1 Å². The maximum Gasteiger partial charge on any atom is 0.255 e. The first kappa shape index (κ1) is 39.5. The molecule has 0 unspecified atom stereocenters. The zero-order valence-corrected chi connectivity index (χ0v) is 34.3. The zero-order valence-electron chi connectivity index (χ0n) is 32.8. The molecule has 0 spiro atoms. The molecule has 6 N–H and O–H groups in total. The molecule has 2 aliphatic rings. The fraction of sp³-hybridized carbons (Fsp3) is 0.333. The number of fused-ring (bicyclic) bond motifs is 4. The number of aliphatic hydroxyl groups is 2. The van der Waals surface area contributed by atoms with E-state index in [0.717, 1.165) is 60.3 Å². The molecule has 6 aromatic heterocycles. The van der Waals surface area contributed by atoms with Gasteiger partial charge in [-0.25, -0.2) is 19.9 Å². The number of carbonyl (C=O) groups is 2. The largest absolute Gasteiger partial charge is 0.393 e. The molecule has 4 atom stereocenters. The van der Waals surface area contributed by atoms with Gasteiger partial charge < -0.3 is 30.8 Å². The number of aliphatic hydroxyl groups excluding tert-OH is 2. The molecule has 2 amide bonds. The van der Waals surface area contributed by atoms with Crippen LogP contribution in [0.15, 0.2) is 61.2 Å². The first-order valence-corrected chi connectivity index (χ1v) is 20.7. The Labute approximate surface area is 352 Å². The van der Waals surface area contributed by atoms with Gasteiger partial charge in [0.05, 0.1) is 46.8 Å². The molecule has 0 aliphatic heterocycles. The van der Waals surface area contributed by atoms with E-state index in [-0.39, 0.29) is 36.1 Å². The Hall–Kier alpha value is -5.94. The number of aryl methyl sites for hydroxylation is 2. The Balaban J connectivity index is 0.000000154. The molecule has 0 bridgehead atoms. The van der Waals surface area contributed by atoms with Crippen LogP contribution in [0.4, 0.5) is 0 Å². The Morgan fingerprint density at radius 3 is 1.53 bits per heavy atom. The standard InChI is InChI=1S/2C21H21ClN6O2/c2*1-28-17-7-11(22)5-6-14(17)18(27-28)16-10-24-20-19(26-16)15(9-23-20)21(30)25-12-3-2-4-13(29)8-12/h2*5-7,9-10,12-13,29H,2-4,8H2,1H3,(H,23,24)(H,25,30)/t12-,13+;12-,13-/m11/s1. The number of carbonyl (C=O) groups excluding carboxylic acids is 2. The maximum atomic E-state index is 12.9. The van der Waals surface area contributed by atoms with Gasteiger partial charge >= 0.3 is 0 Å². The van der Waals surface area contributed by atoms with Crippen LogP contribution < -0.4 is 10.6 Å². The van der Waals surface area contributed by atoms with Gasteiger partial charge in [-0.2, -0.15) is 10.2 Å². The number of aromatic nitrogens is 10. The molecule has 0 saturated heterocycles. The minimum atomic E-state index is -0.357. The van der Waals surface area contributed by atoms with Crippen molar-refractivity contribution in [1.82, 2.24) is 60.1 Å². The number of aromatic amines is 2. The van der Waals surface area contributed by atoms with Crippen LogP contribution in [0, 0.1) is 0 Å². The number of nitrogens with zero attached hydrogens (tertiary/aromatic N) is 8. The summed E-state index contributed by atoms with van der Waals surface area (Å²) in [6, 6.07) is 11.1. The molecule has 2 saturated carbocycles. The molecule has 0 radical (unpaired) electrons. The molecule has 2 aromatic carbocycles. The van der Waals surface area contributed by atoms with Crippen LogP contribution >= 0.6 is 23.2 Å². The molecular weight excluding hydrogens is 807 g/mol. The van der Waals surface area contributed by atoms with Crippen LogP contribution in [0.1, 0.15) is 72.1 Å². The predicted octanol–water partition coefficient (Wildman–Crippen LogP) is 6.40. The topological polar surface area (TPSA) is 217 Å². The highest BCUT2D eigenvalue weighted by Gasteiger charge is 2.26. The summed E-state index contributed by atoms with van der Waals surface area (Å²) in [5, 5.41) is 38.0. The number of nitrogens with one attached hydrogen (secondary N) is 4. The average Bonchev–Trinajstić information content (AvgIpc) is 4.01. The molecule has 8 aromatic rings. The van der Waals surface area contributed by atoms with Gasteiger partial charge in [-0.15, -0.1) is 0 Å².